The summed E-state index contributed by atoms with van der Waals surface area (Å²) in [5.74, 6) is 0. The third-order valence-corrected chi connectivity index (χ3v) is 9.37. The lowest BCUT2D eigenvalue weighted by atomic mass is 9.84. The summed E-state index contributed by atoms with van der Waals surface area (Å²) < 4.78 is 123. The maximum Gasteiger partial charge on any atom is 0.136 e. The summed E-state index contributed by atoms with van der Waals surface area (Å²) in [5, 5.41) is 0.256. The topological polar surface area (TPSA) is 13.1 Å². The smallest absolute Gasteiger partial charge is 0.136 e. The zero-order valence-electron chi connectivity index (χ0n) is 39.9. The fourth-order valence-corrected chi connectivity index (χ4v) is 7.21. The van der Waals surface area contributed by atoms with Crippen LogP contribution in [-0.4, -0.2) is 0 Å². The second-order valence-corrected chi connectivity index (χ2v) is 12.2. The minimum absolute atomic E-state index is 0.0335. The van der Waals surface area contributed by atoms with Crippen molar-refractivity contribution in [3.05, 3.63) is 194 Å². The summed E-state index contributed by atoms with van der Waals surface area (Å²) in [7, 11) is 0. The Hall–Kier alpha value is -6.70. The molecule has 1 aromatic heterocycles. The molecule has 10 rings (SSSR count). The largest absolute Gasteiger partial charge is 0.456 e. The lowest BCUT2D eigenvalue weighted by Crippen LogP contribution is -1.91. The molecule has 0 N–H and O–H groups in total. The van der Waals surface area contributed by atoms with Crippen molar-refractivity contribution in [3.63, 3.8) is 0 Å². The minimum Gasteiger partial charge on any atom is -0.456 e. The van der Waals surface area contributed by atoms with Gasteiger partial charge in [-0.15, -0.1) is 0 Å². The predicted molar refractivity (Wildman–Crippen MR) is 216 cm³/mol. The summed E-state index contributed by atoms with van der Waals surface area (Å²) in [6, 6.07) is 28.5. The van der Waals surface area contributed by atoms with Crippen LogP contribution >= 0.6 is 0 Å². The van der Waals surface area contributed by atoms with Crippen LogP contribution in [0.2, 0.25) is 0 Å². The van der Waals surface area contributed by atoms with Gasteiger partial charge < -0.3 is 4.42 Å². The molecule has 9 aromatic carbocycles. The van der Waals surface area contributed by atoms with Gasteiger partial charge in [-0.05, 0) is 108 Å². The van der Waals surface area contributed by atoms with Crippen molar-refractivity contribution in [3.8, 4) is 55.6 Å². The van der Waals surface area contributed by atoms with Gasteiger partial charge in [0, 0.05) is 10.8 Å². The minimum atomic E-state index is -0.725. The van der Waals surface area contributed by atoms with Gasteiger partial charge in [-0.25, -0.2) is 0 Å². The van der Waals surface area contributed by atoms with Crippen LogP contribution in [0.3, 0.4) is 0 Å². The SMILES string of the molecule is [2H]c1c([2H])c([2H])c(-c2c3c([2H])c([2H])c([2H])c([2H])c3c(-c3cccc4oc5cccc(-c6cc(-c7ccccc7)cc(-c7ccccc7)c6)c5c34)c3c([2H])c([2H])c([2H])c([2H])c23)c([2H])c1[2H]. The van der Waals surface area contributed by atoms with Gasteiger partial charge in [-0.1, -0.05) is 163 Å². The predicted octanol–water partition coefficient (Wildman–Crippen LogP) is 14.2. The molecule has 0 amide bonds. The molecular formula is C50H32O. The molecule has 0 saturated heterocycles. The van der Waals surface area contributed by atoms with E-state index < -0.39 is 84.1 Å². The van der Waals surface area contributed by atoms with E-state index in [0.29, 0.717) is 27.5 Å². The van der Waals surface area contributed by atoms with Gasteiger partial charge in [0.25, 0.3) is 0 Å². The van der Waals surface area contributed by atoms with E-state index in [1.165, 1.54) is 0 Å². The Morgan fingerprint density at radius 1 is 0.333 bits per heavy atom. The van der Waals surface area contributed by atoms with Crippen molar-refractivity contribution >= 4 is 43.5 Å². The van der Waals surface area contributed by atoms with Gasteiger partial charge in [0.15, 0.2) is 0 Å². The molecule has 0 saturated carbocycles. The van der Waals surface area contributed by atoms with Gasteiger partial charge in [0.2, 0.25) is 0 Å². The highest BCUT2D eigenvalue weighted by Gasteiger charge is 2.22. The molecule has 51 heavy (non-hydrogen) atoms. The molecule has 10 aromatic rings. The van der Waals surface area contributed by atoms with E-state index in [-0.39, 0.29) is 32.7 Å². The van der Waals surface area contributed by atoms with Crippen LogP contribution in [0.1, 0.15) is 17.8 Å². The van der Waals surface area contributed by atoms with Crippen LogP contribution in [0, 0.1) is 0 Å². The first-order valence-corrected chi connectivity index (χ1v) is 16.4. The first kappa shape index (κ1) is 18.9. The quantitative estimate of drug-likeness (QED) is 0.167. The number of rotatable bonds is 5. The van der Waals surface area contributed by atoms with E-state index in [9.17, 15) is 5.48 Å². The number of furan rings is 1. The third-order valence-electron chi connectivity index (χ3n) is 9.37. The van der Waals surface area contributed by atoms with E-state index in [2.05, 4.69) is 18.2 Å². The second kappa shape index (κ2) is 12.0. The van der Waals surface area contributed by atoms with Crippen molar-refractivity contribution in [2.24, 2.45) is 0 Å². The zero-order chi connectivity index (χ0) is 45.0. The van der Waals surface area contributed by atoms with Gasteiger partial charge in [-0.2, -0.15) is 0 Å². The fraction of sp³-hybridized carbons (Fsp3) is 0. The van der Waals surface area contributed by atoms with Gasteiger partial charge >= 0.3 is 0 Å². The van der Waals surface area contributed by atoms with E-state index >= 15 is 0 Å². The van der Waals surface area contributed by atoms with E-state index in [1.54, 1.807) is 18.2 Å². The number of hydrogen-bond acceptors (Lipinski definition) is 1. The van der Waals surface area contributed by atoms with E-state index in [1.807, 2.05) is 78.9 Å². The Kier molecular flexibility index (Phi) is 4.45. The molecule has 1 heteroatoms. The highest BCUT2D eigenvalue weighted by molar-refractivity contribution is 6.27. The van der Waals surface area contributed by atoms with Crippen LogP contribution < -0.4 is 0 Å². The first-order valence-electron chi connectivity index (χ1n) is 22.9. The number of benzene rings is 9. The Morgan fingerprint density at radius 3 is 1.33 bits per heavy atom. The Bertz CT molecular complexity index is 3470. The van der Waals surface area contributed by atoms with Crippen LogP contribution in [-0.2, 0) is 0 Å². The van der Waals surface area contributed by atoms with Crippen LogP contribution in [0.25, 0.3) is 99.1 Å². The van der Waals surface area contributed by atoms with Gasteiger partial charge in [0.1, 0.15) is 11.2 Å². The molecule has 0 fully saturated rings. The molecule has 0 aliphatic heterocycles. The zero-order valence-corrected chi connectivity index (χ0v) is 26.9. The molecule has 0 aliphatic rings. The molecule has 0 unspecified atom stereocenters. The normalized spacial score (nSPS) is 15.1. The summed E-state index contributed by atoms with van der Waals surface area (Å²) in [4.78, 5) is 0. The third kappa shape index (κ3) is 4.86. The van der Waals surface area contributed by atoms with E-state index in [4.69, 9.17) is 16.8 Å². The van der Waals surface area contributed by atoms with Crippen molar-refractivity contribution < 1.29 is 22.2 Å². The molecular weight excluding hydrogens is 617 g/mol. The maximum atomic E-state index is 9.51. The summed E-state index contributed by atoms with van der Waals surface area (Å²) in [5.41, 5.74) is 5.91. The lowest BCUT2D eigenvalue weighted by molar-refractivity contribution is 0.669. The monoisotopic (exact) mass is 661 g/mol. The Labute approximate surface area is 315 Å². The van der Waals surface area contributed by atoms with Crippen molar-refractivity contribution in [2.45, 2.75) is 0 Å². The number of fused-ring (bicyclic) bond motifs is 5. The Balaban J connectivity index is 1.42. The van der Waals surface area contributed by atoms with Gasteiger partial charge in [0.05, 0.1) is 17.8 Å². The fourth-order valence-electron chi connectivity index (χ4n) is 7.21. The number of hydrogen-bond donors (Lipinski definition) is 0. The molecule has 1 heterocycles. The molecule has 0 spiro atoms. The molecule has 0 aliphatic carbocycles. The van der Waals surface area contributed by atoms with Gasteiger partial charge in [-0.3, -0.25) is 0 Å². The van der Waals surface area contributed by atoms with Crippen molar-refractivity contribution in [1.29, 1.82) is 0 Å². The molecule has 0 bridgehead atoms. The van der Waals surface area contributed by atoms with Crippen LogP contribution in [0.5, 0.6) is 0 Å². The highest BCUT2D eigenvalue weighted by atomic mass is 16.3. The average Bonchev–Trinajstić information content (AvgIpc) is 3.72. The summed E-state index contributed by atoms with van der Waals surface area (Å²) >= 11 is 0. The van der Waals surface area contributed by atoms with Crippen molar-refractivity contribution in [2.75, 3.05) is 0 Å². The average molecular weight is 662 g/mol. The molecule has 238 valence electrons. The summed E-state index contributed by atoms with van der Waals surface area (Å²) in [6.45, 7) is 0. The van der Waals surface area contributed by atoms with Crippen molar-refractivity contribution in [1.82, 2.24) is 0 Å². The summed E-state index contributed by atoms with van der Waals surface area (Å²) in [6.07, 6.45) is 0. The lowest BCUT2D eigenvalue weighted by Gasteiger charge is -2.18. The van der Waals surface area contributed by atoms with Crippen LogP contribution in [0.15, 0.2) is 198 Å². The second-order valence-electron chi connectivity index (χ2n) is 12.2. The Morgan fingerprint density at radius 2 is 0.784 bits per heavy atom. The van der Waals surface area contributed by atoms with E-state index in [0.717, 1.165) is 33.4 Å². The van der Waals surface area contributed by atoms with Crippen LogP contribution in [0.4, 0.5) is 0 Å². The standard InChI is InChI=1S/C50H32O/c1-4-16-33(17-5-1)36-30-37(34-18-6-2-7-19-34)32-38(31-36)39-26-14-28-45-49(39)50-44(27-15-29-46(50)51-45)48-42-24-12-10-22-40(42)47(35-20-8-3-9-21-35)41-23-11-13-25-43(41)48/h1-32H/i3D,8D,9D,10D,11D,12D,13D,20D,21D,22D,23D,24D,25D. The molecule has 0 radical (unpaired) electrons. The maximum absolute atomic E-state index is 9.51. The molecule has 1 nitrogen and oxygen atoms in total. The highest BCUT2D eigenvalue weighted by Crippen LogP contribution is 2.48. The molecule has 0 atom stereocenters. The first-order chi connectivity index (χ1) is 30.7.